The average molecular weight is 174 g/mol. The first-order valence-electron chi connectivity index (χ1n) is 4.53. The van der Waals surface area contributed by atoms with Crippen molar-refractivity contribution >= 4 is 11.8 Å². The van der Waals surface area contributed by atoms with Gasteiger partial charge in [0.2, 0.25) is 0 Å². The van der Waals surface area contributed by atoms with E-state index < -0.39 is 0 Å². The minimum Gasteiger partial charge on any atom is -0.161 e. The molecular formula is C10H22S. The summed E-state index contributed by atoms with van der Waals surface area (Å²) in [4.78, 5) is 0. The third-order valence-electron chi connectivity index (χ3n) is 1.63. The monoisotopic (exact) mass is 174 g/mol. The van der Waals surface area contributed by atoms with Crippen LogP contribution in [0.3, 0.4) is 0 Å². The van der Waals surface area contributed by atoms with Gasteiger partial charge in [0.15, 0.2) is 0 Å². The zero-order chi connectivity index (χ0) is 8.91. The molecule has 0 radical (unpaired) electrons. The van der Waals surface area contributed by atoms with Crippen LogP contribution in [0.15, 0.2) is 0 Å². The van der Waals surface area contributed by atoms with Crippen LogP contribution in [-0.4, -0.2) is 11.5 Å². The smallest absolute Gasteiger partial charge is 0.00186 e. The third-order valence-corrected chi connectivity index (χ3v) is 3.51. The minimum absolute atomic E-state index is 0.498. The van der Waals surface area contributed by atoms with Crippen LogP contribution in [0.1, 0.15) is 41.0 Å². The predicted molar refractivity (Wildman–Crippen MR) is 56.2 cm³/mol. The Morgan fingerprint density at radius 3 is 2.18 bits per heavy atom. The summed E-state index contributed by atoms with van der Waals surface area (Å²) in [6.45, 7) is 11.5. The lowest BCUT2D eigenvalue weighted by atomic mass is 10.0. The second-order valence-corrected chi connectivity index (χ2v) is 5.62. The van der Waals surface area contributed by atoms with Crippen LogP contribution in [0.4, 0.5) is 0 Å². The van der Waals surface area contributed by atoms with Crippen molar-refractivity contribution in [1.29, 1.82) is 0 Å². The molecule has 1 unspecified atom stereocenters. The van der Waals surface area contributed by atoms with Gasteiger partial charge in [-0.2, -0.15) is 11.8 Å². The zero-order valence-corrected chi connectivity index (χ0v) is 9.42. The van der Waals surface area contributed by atoms with Gasteiger partial charge < -0.3 is 0 Å². The summed E-state index contributed by atoms with van der Waals surface area (Å²) < 4.78 is 0. The number of thioether (sulfide) groups is 1. The van der Waals surface area contributed by atoms with Crippen LogP contribution in [0.2, 0.25) is 0 Å². The van der Waals surface area contributed by atoms with E-state index in [1.807, 2.05) is 0 Å². The summed E-state index contributed by atoms with van der Waals surface area (Å²) in [5, 5.41) is 0. The maximum atomic E-state index is 2.33. The highest BCUT2D eigenvalue weighted by atomic mass is 32.2. The molecule has 0 rings (SSSR count). The van der Waals surface area contributed by atoms with Crippen molar-refractivity contribution in [1.82, 2.24) is 0 Å². The molecule has 68 valence electrons. The summed E-state index contributed by atoms with van der Waals surface area (Å²) in [7, 11) is 0. The van der Waals surface area contributed by atoms with Crippen LogP contribution in [0.25, 0.3) is 0 Å². The summed E-state index contributed by atoms with van der Waals surface area (Å²) in [5.74, 6) is 3.51. The van der Waals surface area contributed by atoms with Crippen LogP contribution >= 0.6 is 11.8 Å². The van der Waals surface area contributed by atoms with E-state index in [2.05, 4.69) is 46.4 Å². The number of rotatable bonds is 4. The van der Waals surface area contributed by atoms with Crippen molar-refractivity contribution in [3.63, 3.8) is 0 Å². The van der Waals surface area contributed by atoms with Gasteiger partial charge >= 0.3 is 0 Å². The molecule has 0 heterocycles. The highest BCUT2D eigenvalue weighted by Gasteiger charge is 2.10. The van der Waals surface area contributed by atoms with Crippen molar-refractivity contribution in [3.05, 3.63) is 0 Å². The van der Waals surface area contributed by atoms with Gasteiger partial charge in [0.1, 0.15) is 0 Å². The lowest BCUT2D eigenvalue weighted by Gasteiger charge is -2.18. The van der Waals surface area contributed by atoms with Gasteiger partial charge in [0.05, 0.1) is 0 Å². The molecule has 0 N–H and O–H groups in total. The van der Waals surface area contributed by atoms with Crippen molar-refractivity contribution in [2.45, 2.75) is 41.0 Å². The molecule has 0 aromatic rings. The maximum Gasteiger partial charge on any atom is -0.00186 e. The van der Waals surface area contributed by atoms with Gasteiger partial charge in [-0.05, 0) is 22.8 Å². The van der Waals surface area contributed by atoms with Crippen LogP contribution < -0.4 is 0 Å². The predicted octanol–water partition coefficient (Wildman–Crippen LogP) is 3.81. The molecule has 0 aliphatic carbocycles. The summed E-state index contributed by atoms with van der Waals surface area (Å²) >= 11 is 2.09. The van der Waals surface area contributed by atoms with Crippen molar-refractivity contribution in [3.8, 4) is 0 Å². The topological polar surface area (TPSA) is 0 Å². The van der Waals surface area contributed by atoms with Crippen molar-refractivity contribution in [2.75, 3.05) is 11.5 Å². The molecule has 11 heavy (non-hydrogen) atoms. The normalized spacial score (nSPS) is 15.0. The average Bonchev–Trinajstić information content (AvgIpc) is 1.85. The molecule has 0 nitrogen and oxygen atoms in total. The molecular weight excluding hydrogens is 152 g/mol. The molecule has 0 bridgehead atoms. The standard InChI is InChI=1S/C10H22S/c1-6-9(2)7-11-8-10(3,4)5/h9H,6-8H2,1-5H3. The van der Waals surface area contributed by atoms with Crippen LogP contribution in [0, 0.1) is 11.3 Å². The molecule has 0 aliphatic heterocycles. The Morgan fingerprint density at radius 1 is 1.27 bits per heavy atom. The van der Waals surface area contributed by atoms with E-state index in [0.29, 0.717) is 5.41 Å². The summed E-state index contributed by atoms with van der Waals surface area (Å²) in [6, 6.07) is 0. The highest BCUT2D eigenvalue weighted by Crippen LogP contribution is 2.22. The molecule has 0 amide bonds. The van der Waals surface area contributed by atoms with E-state index in [0.717, 1.165) is 5.92 Å². The molecule has 1 atom stereocenters. The summed E-state index contributed by atoms with van der Waals surface area (Å²) in [5.41, 5.74) is 0.498. The second kappa shape index (κ2) is 5.08. The Labute approximate surface area is 76.1 Å². The quantitative estimate of drug-likeness (QED) is 0.624. The van der Waals surface area contributed by atoms with Crippen molar-refractivity contribution in [2.24, 2.45) is 11.3 Å². The Morgan fingerprint density at radius 2 is 1.82 bits per heavy atom. The van der Waals surface area contributed by atoms with E-state index in [1.165, 1.54) is 17.9 Å². The number of hydrogen-bond donors (Lipinski definition) is 0. The lowest BCUT2D eigenvalue weighted by Crippen LogP contribution is -2.10. The lowest BCUT2D eigenvalue weighted by molar-refractivity contribution is 0.480. The number of hydrogen-bond acceptors (Lipinski definition) is 1. The van der Waals surface area contributed by atoms with E-state index >= 15 is 0 Å². The molecule has 0 fully saturated rings. The zero-order valence-electron chi connectivity index (χ0n) is 8.61. The fraction of sp³-hybridized carbons (Fsp3) is 1.00. The first-order valence-corrected chi connectivity index (χ1v) is 5.69. The van der Waals surface area contributed by atoms with E-state index in [1.54, 1.807) is 0 Å². The molecule has 0 spiro atoms. The first-order chi connectivity index (χ1) is 4.95. The van der Waals surface area contributed by atoms with Gasteiger partial charge in [-0.25, -0.2) is 0 Å². The molecule has 0 aromatic carbocycles. The SMILES string of the molecule is CCC(C)CSCC(C)(C)C. The Bertz CT molecular complexity index is 91.5. The van der Waals surface area contributed by atoms with Crippen LogP contribution in [-0.2, 0) is 0 Å². The van der Waals surface area contributed by atoms with Gasteiger partial charge in [0.25, 0.3) is 0 Å². The third kappa shape index (κ3) is 8.25. The molecule has 0 aliphatic rings. The maximum absolute atomic E-state index is 2.33. The van der Waals surface area contributed by atoms with Gasteiger partial charge in [-0.1, -0.05) is 41.0 Å². The molecule has 0 aromatic heterocycles. The molecule has 0 saturated heterocycles. The Kier molecular flexibility index (Phi) is 5.24. The Balaban J connectivity index is 3.28. The van der Waals surface area contributed by atoms with E-state index in [-0.39, 0.29) is 0 Å². The van der Waals surface area contributed by atoms with E-state index in [9.17, 15) is 0 Å². The van der Waals surface area contributed by atoms with Gasteiger partial charge in [-0.3, -0.25) is 0 Å². The molecule has 1 heteroatoms. The highest BCUT2D eigenvalue weighted by molar-refractivity contribution is 7.99. The molecule has 0 saturated carbocycles. The fourth-order valence-corrected chi connectivity index (χ4v) is 2.05. The fourth-order valence-electron chi connectivity index (χ4n) is 0.684. The van der Waals surface area contributed by atoms with Crippen LogP contribution in [0.5, 0.6) is 0 Å². The van der Waals surface area contributed by atoms with Crippen molar-refractivity contribution < 1.29 is 0 Å². The summed E-state index contributed by atoms with van der Waals surface area (Å²) in [6.07, 6.45) is 1.32. The van der Waals surface area contributed by atoms with E-state index in [4.69, 9.17) is 0 Å². The first kappa shape index (κ1) is 11.4. The Hall–Kier alpha value is 0.350. The largest absolute Gasteiger partial charge is 0.161 e. The van der Waals surface area contributed by atoms with Gasteiger partial charge in [-0.15, -0.1) is 0 Å². The second-order valence-electron chi connectivity index (χ2n) is 4.59. The minimum atomic E-state index is 0.498. The van der Waals surface area contributed by atoms with Gasteiger partial charge in [0, 0.05) is 0 Å².